The van der Waals surface area contributed by atoms with Gasteiger partial charge in [0.25, 0.3) is 0 Å². The van der Waals surface area contributed by atoms with Gasteiger partial charge in [0, 0.05) is 16.9 Å². The number of hydrogen-bond acceptors (Lipinski definition) is 2. The van der Waals surface area contributed by atoms with Gasteiger partial charge in [0.15, 0.2) is 0 Å². The third kappa shape index (κ3) is 3.10. The Bertz CT molecular complexity index is 328. The normalized spacial score (nSPS) is 12.4. The number of rotatable bonds is 4. The van der Waals surface area contributed by atoms with Crippen molar-refractivity contribution in [1.29, 1.82) is 0 Å². The van der Waals surface area contributed by atoms with Crippen LogP contribution in [0.15, 0.2) is 22.9 Å². The van der Waals surface area contributed by atoms with Crippen LogP contribution in [0.2, 0.25) is 0 Å². The standard InChI is InChI=1S/C10H12BrNO2/c1-2-8(10(13)14)3-7-4-9(11)6-12-5-7/h4-6,8H,2-3H2,1H3,(H,13,14). The third-order valence-corrected chi connectivity index (χ3v) is 2.52. The Morgan fingerprint density at radius 3 is 2.86 bits per heavy atom. The monoisotopic (exact) mass is 257 g/mol. The van der Waals surface area contributed by atoms with Gasteiger partial charge in [-0.2, -0.15) is 0 Å². The number of hydrogen-bond donors (Lipinski definition) is 1. The molecule has 0 spiro atoms. The lowest BCUT2D eigenvalue weighted by Gasteiger charge is -2.08. The first kappa shape index (κ1) is 11.2. The molecule has 0 aliphatic rings. The number of carbonyl (C=O) groups is 1. The van der Waals surface area contributed by atoms with Crippen LogP contribution < -0.4 is 0 Å². The molecule has 0 radical (unpaired) electrons. The fraction of sp³-hybridized carbons (Fsp3) is 0.400. The van der Waals surface area contributed by atoms with E-state index in [-0.39, 0.29) is 5.92 Å². The maximum Gasteiger partial charge on any atom is 0.306 e. The Hall–Kier alpha value is -0.900. The molecule has 1 N–H and O–H groups in total. The molecule has 3 nitrogen and oxygen atoms in total. The van der Waals surface area contributed by atoms with Crippen molar-refractivity contribution < 1.29 is 9.90 Å². The van der Waals surface area contributed by atoms with E-state index in [0.717, 1.165) is 10.0 Å². The summed E-state index contributed by atoms with van der Waals surface area (Å²) in [5.74, 6) is -1.06. The minimum Gasteiger partial charge on any atom is -0.481 e. The number of pyridine rings is 1. The number of carboxylic acids is 1. The first-order valence-corrected chi connectivity index (χ1v) is 5.25. The van der Waals surface area contributed by atoms with E-state index in [0.29, 0.717) is 12.8 Å². The van der Waals surface area contributed by atoms with Crippen molar-refractivity contribution in [3.63, 3.8) is 0 Å². The zero-order valence-electron chi connectivity index (χ0n) is 7.90. The van der Waals surface area contributed by atoms with Crippen LogP contribution in [0.4, 0.5) is 0 Å². The lowest BCUT2D eigenvalue weighted by Crippen LogP contribution is -2.15. The summed E-state index contributed by atoms with van der Waals surface area (Å²) in [5.41, 5.74) is 0.952. The molecule has 0 bridgehead atoms. The van der Waals surface area contributed by atoms with Gasteiger partial charge in [-0.25, -0.2) is 0 Å². The van der Waals surface area contributed by atoms with E-state index in [1.54, 1.807) is 12.4 Å². The Morgan fingerprint density at radius 2 is 2.36 bits per heavy atom. The van der Waals surface area contributed by atoms with Gasteiger partial charge in [0.05, 0.1) is 5.92 Å². The highest BCUT2D eigenvalue weighted by Gasteiger charge is 2.15. The number of aromatic nitrogens is 1. The quantitative estimate of drug-likeness (QED) is 0.902. The van der Waals surface area contributed by atoms with Gasteiger partial charge in [-0.05, 0) is 40.4 Å². The minimum atomic E-state index is -0.743. The van der Waals surface area contributed by atoms with Crippen LogP contribution in [0.3, 0.4) is 0 Å². The van der Waals surface area contributed by atoms with Crippen LogP contribution in [0, 0.1) is 5.92 Å². The molecule has 0 aromatic carbocycles. The van der Waals surface area contributed by atoms with Crippen molar-refractivity contribution in [2.45, 2.75) is 19.8 Å². The van der Waals surface area contributed by atoms with Crippen molar-refractivity contribution in [3.05, 3.63) is 28.5 Å². The molecule has 0 aliphatic carbocycles. The molecule has 0 amide bonds. The molecule has 1 atom stereocenters. The van der Waals surface area contributed by atoms with Gasteiger partial charge < -0.3 is 5.11 Å². The molecule has 0 saturated carbocycles. The Kier molecular flexibility index (Phi) is 4.07. The highest BCUT2D eigenvalue weighted by molar-refractivity contribution is 9.10. The maximum absolute atomic E-state index is 10.8. The molecule has 0 saturated heterocycles. The molecule has 0 aliphatic heterocycles. The number of nitrogens with zero attached hydrogens (tertiary/aromatic N) is 1. The lowest BCUT2D eigenvalue weighted by molar-refractivity contribution is -0.141. The number of halogens is 1. The zero-order chi connectivity index (χ0) is 10.6. The number of aliphatic carboxylic acids is 1. The molecule has 1 heterocycles. The molecule has 0 fully saturated rings. The second kappa shape index (κ2) is 5.10. The fourth-order valence-electron chi connectivity index (χ4n) is 1.26. The summed E-state index contributed by atoms with van der Waals surface area (Å²) in [6, 6.07) is 1.90. The lowest BCUT2D eigenvalue weighted by atomic mass is 9.98. The summed E-state index contributed by atoms with van der Waals surface area (Å²) >= 11 is 3.30. The summed E-state index contributed by atoms with van der Waals surface area (Å²) in [6.07, 6.45) is 4.57. The van der Waals surface area contributed by atoms with Crippen LogP contribution in [0.5, 0.6) is 0 Å². The summed E-state index contributed by atoms with van der Waals surface area (Å²) in [7, 11) is 0. The van der Waals surface area contributed by atoms with Crippen LogP contribution >= 0.6 is 15.9 Å². The summed E-state index contributed by atoms with van der Waals surface area (Å²) < 4.78 is 0.884. The maximum atomic E-state index is 10.8. The summed E-state index contributed by atoms with van der Waals surface area (Å²) in [6.45, 7) is 1.88. The highest BCUT2D eigenvalue weighted by Crippen LogP contribution is 2.15. The average Bonchev–Trinajstić information content (AvgIpc) is 2.14. The predicted molar refractivity (Wildman–Crippen MR) is 57.1 cm³/mol. The first-order chi connectivity index (χ1) is 6.63. The second-order valence-electron chi connectivity index (χ2n) is 3.16. The van der Waals surface area contributed by atoms with Crippen molar-refractivity contribution in [2.24, 2.45) is 5.92 Å². The van der Waals surface area contributed by atoms with Gasteiger partial charge in [-0.15, -0.1) is 0 Å². The Morgan fingerprint density at radius 1 is 1.64 bits per heavy atom. The van der Waals surface area contributed by atoms with Crippen molar-refractivity contribution >= 4 is 21.9 Å². The summed E-state index contributed by atoms with van der Waals surface area (Å²) in [5, 5.41) is 8.87. The van der Waals surface area contributed by atoms with E-state index in [2.05, 4.69) is 20.9 Å². The minimum absolute atomic E-state index is 0.314. The van der Waals surface area contributed by atoms with Gasteiger partial charge >= 0.3 is 5.97 Å². The van der Waals surface area contributed by atoms with Gasteiger partial charge in [-0.3, -0.25) is 9.78 Å². The molecule has 1 aromatic rings. The van der Waals surface area contributed by atoms with Crippen LogP contribution in [-0.2, 0) is 11.2 Å². The number of carboxylic acid groups (broad SMARTS) is 1. The highest BCUT2D eigenvalue weighted by atomic mass is 79.9. The van der Waals surface area contributed by atoms with E-state index in [9.17, 15) is 4.79 Å². The Labute approximate surface area is 91.3 Å². The summed E-state index contributed by atoms with van der Waals surface area (Å²) in [4.78, 5) is 14.8. The van der Waals surface area contributed by atoms with E-state index in [1.165, 1.54) is 0 Å². The average molecular weight is 258 g/mol. The largest absolute Gasteiger partial charge is 0.481 e. The molecule has 1 rings (SSSR count). The first-order valence-electron chi connectivity index (χ1n) is 4.45. The molecule has 76 valence electrons. The van der Waals surface area contributed by atoms with E-state index in [1.807, 2.05) is 13.0 Å². The molecular weight excluding hydrogens is 246 g/mol. The van der Waals surface area contributed by atoms with Gasteiger partial charge in [0.2, 0.25) is 0 Å². The predicted octanol–water partition coefficient (Wildman–Crippen LogP) is 2.50. The van der Waals surface area contributed by atoms with E-state index >= 15 is 0 Å². The fourth-order valence-corrected chi connectivity index (χ4v) is 1.67. The van der Waals surface area contributed by atoms with Gasteiger partial charge in [0.1, 0.15) is 0 Å². The molecule has 14 heavy (non-hydrogen) atoms. The molecule has 1 aromatic heterocycles. The zero-order valence-corrected chi connectivity index (χ0v) is 9.49. The van der Waals surface area contributed by atoms with Crippen molar-refractivity contribution in [2.75, 3.05) is 0 Å². The van der Waals surface area contributed by atoms with E-state index < -0.39 is 5.97 Å². The van der Waals surface area contributed by atoms with Gasteiger partial charge in [-0.1, -0.05) is 6.92 Å². The third-order valence-electron chi connectivity index (χ3n) is 2.09. The molecule has 1 unspecified atom stereocenters. The van der Waals surface area contributed by atoms with Crippen LogP contribution in [0.1, 0.15) is 18.9 Å². The Balaban J connectivity index is 2.72. The van der Waals surface area contributed by atoms with Crippen molar-refractivity contribution in [1.82, 2.24) is 4.98 Å². The SMILES string of the molecule is CCC(Cc1cncc(Br)c1)C(=O)O. The molecule has 4 heteroatoms. The topological polar surface area (TPSA) is 50.2 Å². The van der Waals surface area contributed by atoms with Crippen LogP contribution in [0.25, 0.3) is 0 Å². The van der Waals surface area contributed by atoms with E-state index in [4.69, 9.17) is 5.11 Å². The second-order valence-corrected chi connectivity index (χ2v) is 4.07. The smallest absolute Gasteiger partial charge is 0.306 e. The van der Waals surface area contributed by atoms with Crippen molar-refractivity contribution in [3.8, 4) is 0 Å². The molecular formula is C10H12BrNO2. The van der Waals surface area contributed by atoms with Crippen LogP contribution in [-0.4, -0.2) is 16.1 Å².